The summed E-state index contributed by atoms with van der Waals surface area (Å²) in [7, 11) is 0. The van der Waals surface area contributed by atoms with E-state index < -0.39 is 0 Å². The first-order valence-corrected chi connectivity index (χ1v) is 9.55. The molecule has 0 bridgehead atoms. The lowest BCUT2D eigenvalue weighted by molar-refractivity contribution is 0.163. The summed E-state index contributed by atoms with van der Waals surface area (Å²) in [5.41, 5.74) is 0.0353. The average Bonchev–Trinajstić information content (AvgIpc) is 2.50. The molecule has 0 radical (unpaired) electrons. The molecule has 0 aliphatic heterocycles. The van der Waals surface area contributed by atoms with Gasteiger partial charge in [-0.15, -0.1) is 0 Å². The van der Waals surface area contributed by atoms with Crippen molar-refractivity contribution in [3.63, 3.8) is 0 Å². The van der Waals surface area contributed by atoms with Gasteiger partial charge in [-0.25, -0.2) is 0 Å². The average molecular weight is 292 g/mol. The lowest BCUT2D eigenvalue weighted by Crippen LogP contribution is -2.28. The predicted molar refractivity (Wildman–Crippen MR) is 92.1 cm³/mol. The van der Waals surface area contributed by atoms with Crippen LogP contribution in [0.25, 0.3) is 0 Å². The maximum atomic E-state index is 9.62. The van der Waals surface area contributed by atoms with E-state index in [1.54, 1.807) is 0 Å². The molecule has 1 rings (SSSR count). The van der Waals surface area contributed by atoms with E-state index in [4.69, 9.17) is 0 Å². The molecule has 1 nitrogen and oxygen atoms in total. The minimum atomic E-state index is 0.0353. The van der Waals surface area contributed by atoms with Crippen LogP contribution in [-0.2, 0) is 0 Å². The van der Waals surface area contributed by atoms with Gasteiger partial charge in [-0.05, 0) is 43.9 Å². The zero-order chi connectivity index (χ0) is 15.6. The zero-order valence-corrected chi connectivity index (χ0v) is 14.8. The Balaban J connectivity index is 2.13. The zero-order valence-electron chi connectivity index (χ0n) is 14.8. The third-order valence-corrected chi connectivity index (χ3v) is 5.68. The van der Waals surface area contributed by atoms with E-state index in [1.165, 1.54) is 64.2 Å². The predicted octanol–water partition coefficient (Wildman–Crippen LogP) is 6.87. The van der Waals surface area contributed by atoms with Gasteiger partial charge < -0.3 is 0 Å². The van der Waals surface area contributed by atoms with E-state index in [1.807, 2.05) is 0 Å². The van der Waals surface area contributed by atoms with Crippen LogP contribution in [0.15, 0.2) is 0 Å². The molecule has 122 valence electrons. The first-order chi connectivity index (χ1) is 10.1. The van der Waals surface area contributed by atoms with Crippen LogP contribution in [0.4, 0.5) is 0 Å². The van der Waals surface area contributed by atoms with Gasteiger partial charge in [-0.2, -0.15) is 5.26 Å². The molecule has 0 aromatic heterocycles. The summed E-state index contributed by atoms with van der Waals surface area (Å²) in [5.74, 6) is 1.66. The van der Waals surface area contributed by atoms with Crippen LogP contribution in [-0.4, -0.2) is 0 Å². The van der Waals surface area contributed by atoms with Crippen LogP contribution in [0.5, 0.6) is 0 Å². The molecular formula is C20H37N. The number of nitrogens with zero attached hydrogens (tertiary/aromatic N) is 1. The fourth-order valence-corrected chi connectivity index (χ4v) is 3.87. The molecule has 0 unspecified atom stereocenters. The maximum absolute atomic E-state index is 9.62. The van der Waals surface area contributed by atoms with Gasteiger partial charge >= 0.3 is 0 Å². The molecule has 0 saturated heterocycles. The quantitative estimate of drug-likeness (QED) is 0.403. The van der Waals surface area contributed by atoms with Crippen molar-refractivity contribution in [2.24, 2.45) is 17.3 Å². The van der Waals surface area contributed by atoms with Crippen molar-refractivity contribution in [2.45, 2.75) is 104 Å². The van der Waals surface area contributed by atoms with Crippen molar-refractivity contribution in [2.75, 3.05) is 0 Å². The highest BCUT2D eigenvalue weighted by atomic mass is 14.4. The number of hydrogen-bond acceptors (Lipinski definition) is 1. The van der Waals surface area contributed by atoms with Crippen LogP contribution >= 0.6 is 0 Å². The smallest absolute Gasteiger partial charge is 0.0689 e. The van der Waals surface area contributed by atoms with Gasteiger partial charge in [-0.3, -0.25) is 0 Å². The second-order valence-electron chi connectivity index (χ2n) is 7.70. The second-order valence-corrected chi connectivity index (χ2v) is 7.70. The number of rotatable bonds is 10. The molecule has 0 amide bonds. The molecule has 1 fully saturated rings. The summed E-state index contributed by atoms with van der Waals surface area (Å²) < 4.78 is 0. The Morgan fingerprint density at radius 3 is 1.95 bits per heavy atom. The van der Waals surface area contributed by atoms with Gasteiger partial charge in [-0.1, -0.05) is 72.1 Å². The summed E-state index contributed by atoms with van der Waals surface area (Å²) in [5, 5.41) is 9.62. The Bertz CT molecular complexity index is 291. The third kappa shape index (κ3) is 6.86. The van der Waals surface area contributed by atoms with Crippen molar-refractivity contribution in [3.05, 3.63) is 0 Å². The number of unbranched alkanes of at least 4 members (excludes halogenated alkanes) is 7. The van der Waals surface area contributed by atoms with Crippen molar-refractivity contribution in [3.8, 4) is 6.07 Å². The van der Waals surface area contributed by atoms with Crippen molar-refractivity contribution >= 4 is 0 Å². The molecule has 21 heavy (non-hydrogen) atoms. The highest BCUT2D eigenvalue weighted by molar-refractivity contribution is 5.01. The number of hydrogen-bond donors (Lipinski definition) is 0. The van der Waals surface area contributed by atoms with E-state index in [0.717, 1.165) is 31.1 Å². The fourth-order valence-electron chi connectivity index (χ4n) is 3.87. The molecule has 0 aromatic carbocycles. The molecule has 0 atom stereocenters. The lowest BCUT2D eigenvalue weighted by atomic mass is 9.66. The van der Waals surface area contributed by atoms with Crippen LogP contribution < -0.4 is 0 Å². The fraction of sp³-hybridized carbons (Fsp3) is 0.950. The van der Waals surface area contributed by atoms with Crippen molar-refractivity contribution in [1.82, 2.24) is 0 Å². The highest BCUT2D eigenvalue weighted by Crippen LogP contribution is 2.44. The Labute approximate surface area is 133 Å². The van der Waals surface area contributed by atoms with Crippen molar-refractivity contribution < 1.29 is 0 Å². The molecule has 1 heteroatoms. The first kappa shape index (κ1) is 18.5. The second kappa shape index (κ2) is 10.3. The van der Waals surface area contributed by atoms with E-state index in [2.05, 4.69) is 26.8 Å². The Morgan fingerprint density at radius 2 is 1.48 bits per heavy atom. The van der Waals surface area contributed by atoms with E-state index in [9.17, 15) is 5.26 Å². The minimum Gasteiger partial charge on any atom is -0.198 e. The van der Waals surface area contributed by atoms with Gasteiger partial charge in [0.1, 0.15) is 0 Å². The molecule has 0 spiro atoms. The third-order valence-electron chi connectivity index (χ3n) is 5.68. The molecule has 1 aliphatic rings. The van der Waals surface area contributed by atoms with Gasteiger partial charge in [0.25, 0.3) is 0 Å². The molecular weight excluding hydrogens is 254 g/mol. The Kier molecular flexibility index (Phi) is 9.05. The van der Waals surface area contributed by atoms with E-state index in [-0.39, 0.29) is 5.41 Å². The normalized spacial score (nSPS) is 26.0. The van der Waals surface area contributed by atoms with Gasteiger partial charge in [0.15, 0.2) is 0 Å². The van der Waals surface area contributed by atoms with E-state index >= 15 is 0 Å². The summed E-state index contributed by atoms with van der Waals surface area (Å²) in [6.45, 7) is 6.94. The minimum absolute atomic E-state index is 0.0353. The van der Waals surface area contributed by atoms with Gasteiger partial charge in [0.2, 0.25) is 0 Å². The summed E-state index contributed by atoms with van der Waals surface area (Å²) in [6.07, 6.45) is 17.0. The van der Waals surface area contributed by atoms with Crippen LogP contribution in [0.3, 0.4) is 0 Å². The van der Waals surface area contributed by atoms with Gasteiger partial charge in [0.05, 0.1) is 11.5 Å². The summed E-state index contributed by atoms with van der Waals surface area (Å²) >= 11 is 0. The summed E-state index contributed by atoms with van der Waals surface area (Å²) in [6, 6.07) is 2.70. The van der Waals surface area contributed by atoms with Crippen molar-refractivity contribution in [1.29, 1.82) is 5.26 Å². The first-order valence-electron chi connectivity index (χ1n) is 9.55. The molecule has 0 aromatic rings. The van der Waals surface area contributed by atoms with Crippen LogP contribution in [0.2, 0.25) is 0 Å². The van der Waals surface area contributed by atoms with Crippen LogP contribution in [0, 0.1) is 28.6 Å². The molecule has 0 heterocycles. The topological polar surface area (TPSA) is 23.8 Å². The molecule has 1 aliphatic carbocycles. The lowest BCUT2D eigenvalue weighted by Gasteiger charge is -2.36. The molecule has 1 saturated carbocycles. The molecule has 0 N–H and O–H groups in total. The van der Waals surface area contributed by atoms with E-state index in [0.29, 0.717) is 0 Å². The summed E-state index contributed by atoms with van der Waals surface area (Å²) in [4.78, 5) is 0. The maximum Gasteiger partial charge on any atom is 0.0689 e. The Hall–Kier alpha value is -0.510. The highest BCUT2D eigenvalue weighted by Gasteiger charge is 2.35. The van der Waals surface area contributed by atoms with Crippen LogP contribution in [0.1, 0.15) is 104 Å². The van der Waals surface area contributed by atoms with Gasteiger partial charge in [0, 0.05) is 0 Å². The SMILES string of the molecule is CCCCCCCCCCC1(C#N)CCC(C(C)C)CC1. The monoisotopic (exact) mass is 291 g/mol. The largest absolute Gasteiger partial charge is 0.198 e. The number of nitriles is 1. The Morgan fingerprint density at radius 1 is 0.952 bits per heavy atom. The standard InChI is InChI=1S/C20H37N/c1-4-5-6-7-8-9-10-11-14-20(17-21)15-12-19(13-16-20)18(2)3/h18-19H,4-16H2,1-3H3.